The SMILES string of the molecule is COc1ccc(Cn2c(C)ccc(C(=O)O)c2=O)c(F)c1. The Bertz CT molecular complexity index is 752. The van der Waals surface area contributed by atoms with Crippen LogP contribution in [0.25, 0.3) is 0 Å². The molecule has 0 fully saturated rings. The van der Waals surface area contributed by atoms with Crippen molar-refractivity contribution in [3.8, 4) is 5.75 Å². The number of nitrogens with zero attached hydrogens (tertiary/aromatic N) is 1. The fourth-order valence-electron chi connectivity index (χ4n) is 1.98. The molecule has 6 heteroatoms. The van der Waals surface area contributed by atoms with E-state index in [1.807, 2.05) is 0 Å². The van der Waals surface area contributed by atoms with Crippen molar-refractivity contribution in [2.24, 2.45) is 0 Å². The highest BCUT2D eigenvalue weighted by Crippen LogP contribution is 2.17. The zero-order valence-corrected chi connectivity index (χ0v) is 11.6. The van der Waals surface area contributed by atoms with Crippen LogP contribution in [0.5, 0.6) is 5.75 Å². The summed E-state index contributed by atoms with van der Waals surface area (Å²) in [6, 6.07) is 7.08. The molecule has 21 heavy (non-hydrogen) atoms. The van der Waals surface area contributed by atoms with Crippen molar-refractivity contribution in [2.75, 3.05) is 7.11 Å². The zero-order chi connectivity index (χ0) is 15.6. The lowest BCUT2D eigenvalue weighted by Gasteiger charge is -2.12. The van der Waals surface area contributed by atoms with Crippen LogP contribution in [-0.4, -0.2) is 22.8 Å². The Kier molecular flexibility index (Phi) is 4.07. The number of aryl methyl sites for hydroxylation is 1. The predicted molar refractivity (Wildman–Crippen MR) is 74.5 cm³/mol. The first-order valence-corrected chi connectivity index (χ1v) is 6.20. The van der Waals surface area contributed by atoms with Gasteiger partial charge in [0.05, 0.1) is 13.7 Å². The lowest BCUT2D eigenvalue weighted by Crippen LogP contribution is -2.28. The van der Waals surface area contributed by atoms with Crippen LogP contribution in [0.3, 0.4) is 0 Å². The van der Waals surface area contributed by atoms with Crippen LogP contribution in [0.4, 0.5) is 4.39 Å². The summed E-state index contributed by atoms with van der Waals surface area (Å²) < 4.78 is 20.1. The molecule has 110 valence electrons. The molecule has 0 spiro atoms. The van der Waals surface area contributed by atoms with E-state index < -0.39 is 17.3 Å². The summed E-state index contributed by atoms with van der Waals surface area (Å²) in [5, 5.41) is 8.97. The maximum Gasteiger partial charge on any atom is 0.341 e. The molecule has 0 atom stereocenters. The van der Waals surface area contributed by atoms with Crippen LogP contribution in [0, 0.1) is 12.7 Å². The minimum atomic E-state index is -1.30. The van der Waals surface area contributed by atoms with E-state index in [1.165, 1.54) is 35.9 Å². The number of rotatable bonds is 4. The van der Waals surface area contributed by atoms with E-state index in [1.54, 1.807) is 13.0 Å². The number of carbonyl (C=O) groups is 1. The van der Waals surface area contributed by atoms with Gasteiger partial charge in [0, 0.05) is 17.3 Å². The van der Waals surface area contributed by atoms with Gasteiger partial charge in [-0.15, -0.1) is 0 Å². The number of benzene rings is 1. The molecule has 1 aromatic carbocycles. The average molecular weight is 291 g/mol. The smallest absolute Gasteiger partial charge is 0.341 e. The Balaban J connectivity index is 2.47. The van der Waals surface area contributed by atoms with Gasteiger partial charge < -0.3 is 14.4 Å². The van der Waals surface area contributed by atoms with E-state index in [0.717, 1.165) is 0 Å². The number of hydrogen-bond acceptors (Lipinski definition) is 3. The van der Waals surface area contributed by atoms with Crippen molar-refractivity contribution in [1.82, 2.24) is 4.57 Å². The number of methoxy groups -OCH3 is 1. The molecule has 0 radical (unpaired) electrons. The molecule has 0 amide bonds. The lowest BCUT2D eigenvalue weighted by atomic mass is 10.1. The molecular formula is C15H14FNO4. The molecular weight excluding hydrogens is 277 g/mol. The van der Waals surface area contributed by atoms with E-state index in [4.69, 9.17) is 9.84 Å². The fraction of sp³-hybridized carbons (Fsp3) is 0.200. The van der Waals surface area contributed by atoms with E-state index in [0.29, 0.717) is 11.4 Å². The second-order valence-corrected chi connectivity index (χ2v) is 4.54. The monoisotopic (exact) mass is 291 g/mol. The number of pyridine rings is 1. The molecule has 1 N–H and O–H groups in total. The molecule has 0 bridgehead atoms. The number of ether oxygens (including phenoxy) is 1. The van der Waals surface area contributed by atoms with Crippen LogP contribution >= 0.6 is 0 Å². The van der Waals surface area contributed by atoms with E-state index in [2.05, 4.69) is 0 Å². The van der Waals surface area contributed by atoms with Crippen molar-refractivity contribution in [3.05, 3.63) is 63.3 Å². The van der Waals surface area contributed by atoms with E-state index >= 15 is 0 Å². The molecule has 2 rings (SSSR count). The van der Waals surface area contributed by atoms with Crippen molar-refractivity contribution in [3.63, 3.8) is 0 Å². The normalized spacial score (nSPS) is 10.4. The molecule has 2 aromatic rings. The van der Waals surface area contributed by atoms with Gasteiger partial charge in [0.1, 0.15) is 17.1 Å². The summed E-state index contributed by atoms with van der Waals surface area (Å²) in [7, 11) is 1.43. The van der Waals surface area contributed by atoms with Gasteiger partial charge in [0.15, 0.2) is 0 Å². The van der Waals surface area contributed by atoms with Gasteiger partial charge >= 0.3 is 5.97 Å². The van der Waals surface area contributed by atoms with Gasteiger partial charge in [0.2, 0.25) is 0 Å². The highest BCUT2D eigenvalue weighted by atomic mass is 19.1. The summed E-state index contributed by atoms with van der Waals surface area (Å²) >= 11 is 0. The average Bonchev–Trinajstić information content (AvgIpc) is 2.44. The quantitative estimate of drug-likeness (QED) is 0.936. The number of halogens is 1. The third-order valence-electron chi connectivity index (χ3n) is 3.21. The van der Waals surface area contributed by atoms with Crippen LogP contribution in [0.1, 0.15) is 21.6 Å². The number of hydrogen-bond donors (Lipinski definition) is 1. The lowest BCUT2D eigenvalue weighted by molar-refractivity contribution is 0.0694. The van der Waals surface area contributed by atoms with Gasteiger partial charge in [-0.25, -0.2) is 9.18 Å². The molecule has 0 saturated heterocycles. The molecule has 1 heterocycles. The molecule has 0 unspecified atom stereocenters. The topological polar surface area (TPSA) is 68.5 Å². The maximum atomic E-state index is 13.9. The number of carboxylic acids is 1. The summed E-state index contributed by atoms with van der Waals surface area (Å²) in [5.74, 6) is -1.44. The fourth-order valence-corrected chi connectivity index (χ4v) is 1.98. The number of aromatic carboxylic acids is 1. The first-order valence-electron chi connectivity index (χ1n) is 6.20. The Morgan fingerprint density at radius 1 is 1.33 bits per heavy atom. The Morgan fingerprint density at radius 2 is 2.05 bits per heavy atom. The predicted octanol–water partition coefficient (Wildman–Crippen LogP) is 2.05. The summed E-state index contributed by atoms with van der Waals surface area (Å²) in [4.78, 5) is 23.1. The van der Waals surface area contributed by atoms with Gasteiger partial charge in [0.25, 0.3) is 5.56 Å². The second kappa shape index (κ2) is 5.78. The first kappa shape index (κ1) is 14.8. The number of carboxylic acid groups (broad SMARTS) is 1. The van der Waals surface area contributed by atoms with Gasteiger partial charge in [-0.1, -0.05) is 6.07 Å². The first-order chi connectivity index (χ1) is 9.93. The molecule has 0 aliphatic carbocycles. The zero-order valence-electron chi connectivity index (χ0n) is 11.6. The second-order valence-electron chi connectivity index (χ2n) is 4.54. The van der Waals surface area contributed by atoms with Crippen LogP contribution in [-0.2, 0) is 6.54 Å². The summed E-state index contributed by atoms with van der Waals surface area (Å²) in [5.41, 5.74) is -0.156. The Labute approximate surface area is 120 Å². The van der Waals surface area contributed by atoms with Crippen molar-refractivity contribution in [2.45, 2.75) is 13.5 Å². The molecule has 5 nitrogen and oxygen atoms in total. The van der Waals surface area contributed by atoms with Gasteiger partial charge in [-0.05, 0) is 25.1 Å². The van der Waals surface area contributed by atoms with Crippen LogP contribution < -0.4 is 10.3 Å². The highest BCUT2D eigenvalue weighted by Gasteiger charge is 2.14. The molecule has 0 aliphatic rings. The molecule has 1 aromatic heterocycles. The minimum absolute atomic E-state index is 0.0401. The third-order valence-corrected chi connectivity index (χ3v) is 3.21. The minimum Gasteiger partial charge on any atom is -0.497 e. The van der Waals surface area contributed by atoms with Crippen molar-refractivity contribution in [1.29, 1.82) is 0 Å². The largest absolute Gasteiger partial charge is 0.497 e. The molecule has 0 saturated carbocycles. The maximum absolute atomic E-state index is 13.9. The van der Waals surface area contributed by atoms with E-state index in [-0.39, 0.29) is 17.7 Å². The molecule has 0 aliphatic heterocycles. The van der Waals surface area contributed by atoms with Crippen molar-refractivity contribution >= 4 is 5.97 Å². The van der Waals surface area contributed by atoms with Crippen LogP contribution in [0.15, 0.2) is 35.1 Å². The van der Waals surface area contributed by atoms with Crippen LogP contribution in [0.2, 0.25) is 0 Å². The van der Waals surface area contributed by atoms with E-state index in [9.17, 15) is 14.0 Å². The Morgan fingerprint density at radius 3 is 2.62 bits per heavy atom. The highest BCUT2D eigenvalue weighted by molar-refractivity contribution is 5.87. The standard InChI is InChI=1S/C15H14FNO4/c1-9-3-6-12(15(19)20)14(18)17(9)8-10-4-5-11(21-2)7-13(10)16/h3-7H,8H2,1-2H3,(H,19,20). The summed E-state index contributed by atoms with van der Waals surface area (Å²) in [6.45, 7) is 1.62. The third kappa shape index (κ3) is 2.94. The van der Waals surface area contributed by atoms with Crippen molar-refractivity contribution < 1.29 is 19.0 Å². The Hall–Kier alpha value is -2.63. The van der Waals surface area contributed by atoms with Gasteiger partial charge in [-0.2, -0.15) is 0 Å². The summed E-state index contributed by atoms with van der Waals surface area (Å²) in [6.07, 6.45) is 0. The van der Waals surface area contributed by atoms with Gasteiger partial charge in [-0.3, -0.25) is 4.79 Å². The number of aromatic nitrogens is 1.